The number of likely N-dealkylation sites (tertiary alicyclic amines) is 1. The summed E-state index contributed by atoms with van der Waals surface area (Å²) in [6.45, 7) is 3.53. The summed E-state index contributed by atoms with van der Waals surface area (Å²) in [5, 5.41) is 3.10. The van der Waals surface area contributed by atoms with Gasteiger partial charge in [-0.05, 0) is 69.7 Å². The summed E-state index contributed by atoms with van der Waals surface area (Å²) >= 11 is 3.38. The predicted molar refractivity (Wildman–Crippen MR) is 104 cm³/mol. The lowest BCUT2D eigenvalue weighted by atomic mass is 10.1. The summed E-state index contributed by atoms with van der Waals surface area (Å²) < 4.78 is 6.58. The second-order valence-corrected chi connectivity index (χ2v) is 8.20. The van der Waals surface area contributed by atoms with Crippen LogP contribution in [0.5, 0.6) is 0 Å². The molecule has 142 valence electrons. The molecule has 2 heterocycles. The topological polar surface area (TPSA) is 58.6 Å². The third kappa shape index (κ3) is 4.86. The largest absolute Gasteiger partial charge is 0.378 e. The maximum Gasteiger partial charge on any atom is 0.254 e. The molecule has 26 heavy (non-hydrogen) atoms. The first-order valence-corrected chi connectivity index (χ1v) is 10.3. The van der Waals surface area contributed by atoms with E-state index in [1.54, 1.807) is 17.0 Å². The Kier molecular flexibility index (Phi) is 6.70. The van der Waals surface area contributed by atoms with Crippen molar-refractivity contribution in [3.63, 3.8) is 0 Å². The Hall–Kier alpha value is -1.40. The van der Waals surface area contributed by atoms with Crippen molar-refractivity contribution in [1.82, 2.24) is 10.2 Å². The molecule has 2 fully saturated rings. The van der Waals surface area contributed by atoms with E-state index in [-0.39, 0.29) is 23.9 Å². The van der Waals surface area contributed by atoms with Crippen LogP contribution in [-0.2, 0) is 9.53 Å². The smallest absolute Gasteiger partial charge is 0.254 e. The van der Waals surface area contributed by atoms with Crippen molar-refractivity contribution >= 4 is 27.7 Å². The van der Waals surface area contributed by atoms with Gasteiger partial charge in [0.2, 0.25) is 5.91 Å². The van der Waals surface area contributed by atoms with E-state index in [4.69, 9.17) is 4.74 Å². The van der Waals surface area contributed by atoms with Crippen molar-refractivity contribution in [2.45, 2.75) is 63.6 Å². The first-order valence-electron chi connectivity index (χ1n) is 9.53. The van der Waals surface area contributed by atoms with Gasteiger partial charge in [-0.15, -0.1) is 0 Å². The van der Waals surface area contributed by atoms with Crippen LogP contribution in [0.4, 0.5) is 0 Å². The molecule has 3 unspecified atom stereocenters. The van der Waals surface area contributed by atoms with Gasteiger partial charge in [-0.2, -0.15) is 0 Å². The van der Waals surface area contributed by atoms with Crippen LogP contribution in [0, 0.1) is 0 Å². The fraction of sp³-hybridized carbons (Fsp3) is 0.600. The summed E-state index contributed by atoms with van der Waals surface area (Å²) in [5.41, 5.74) is 0.624. The van der Waals surface area contributed by atoms with Gasteiger partial charge in [0.1, 0.15) is 6.04 Å². The molecule has 2 aliphatic rings. The molecule has 0 spiro atoms. The summed E-state index contributed by atoms with van der Waals surface area (Å²) in [5.74, 6) is -0.102. The number of nitrogens with one attached hydrogen (secondary N) is 1. The van der Waals surface area contributed by atoms with Gasteiger partial charge in [0, 0.05) is 29.2 Å². The quantitative estimate of drug-likeness (QED) is 0.762. The minimum Gasteiger partial charge on any atom is -0.378 e. The van der Waals surface area contributed by atoms with E-state index in [1.807, 2.05) is 19.1 Å². The second kappa shape index (κ2) is 9.00. The molecule has 2 amide bonds. The van der Waals surface area contributed by atoms with E-state index in [2.05, 4.69) is 21.2 Å². The van der Waals surface area contributed by atoms with Crippen molar-refractivity contribution in [2.75, 3.05) is 13.2 Å². The molecule has 1 aromatic carbocycles. The van der Waals surface area contributed by atoms with Crippen LogP contribution in [0.1, 0.15) is 55.8 Å². The molecule has 1 aromatic rings. The first kappa shape index (κ1) is 19.4. The number of carbonyl (C=O) groups is 2. The number of carbonyl (C=O) groups excluding carboxylic acids is 2. The Balaban J connectivity index is 1.53. The van der Waals surface area contributed by atoms with Crippen LogP contribution in [0.2, 0.25) is 0 Å². The van der Waals surface area contributed by atoms with Crippen LogP contribution in [0.3, 0.4) is 0 Å². The van der Waals surface area contributed by atoms with Crippen molar-refractivity contribution in [3.05, 3.63) is 34.3 Å². The molecular formula is C20H27BrN2O3. The zero-order valence-corrected chi connectivity index (χ0v) is 16.8. The molecule has 6 heteroatoms. The molecule has 0 aliphatic carbocycles. The van der Waals surface area contributed by atoms with Gasteiger partial charge in [-0.1, -0.05) is 15.9 Å². The molecule has 0 radical (unpaired) electrons. The van der Waals surface area contributed by atoms with E-state index in [0.29, 0.717) is 18.2 Å². The first-order chi connectivity index (χ1) is 12.5. The maximum atomic E-state index is 12.8. The summed E-state index contributed by atoms with van der Waals surface area (Å²) in [6, 6.07) is 7.03. The molecule has 2 aliphatic heterocycles. The molecule has 3 atom stereocenters. The zero-order valence-electron chi connectivity index (χ0n) is 15.2. The van der Waals surface area contributed by atoms with E-state index in [0.717, 1.165) is 49.6 Å². The van der Waals surface area contributed by atoms with Crippen LogP contribution < -0.4 is 5.32 Å². The van der Waals surface area contributed by atoms with Gasteiger partial charge < -0.3 is 15.0 Å². The summed E-state index contributed by atoms with van der Waals surface area (Å²) in [7, 11) is 0. The standard InChI is InChI=1S/C20H27BrN2O3/c1-14(6-11-17-4-3-13-26-17)22-19(24)18-5-2-12-23(18)20(25)15-7-9-16(21)10-8-15/h7-10,14,17-18H,2-6,11-13H2,1H3,(H,22,24). The van der Waals surface area contributed by atoms with Crippen LogP contribution in [0.15, 0.2) is 28.7 Å². The number of amides is 2. The lowest BCUT2D eigenvalue weighted by molar-refractivity contribution is -0.125. The summed E-state index contributed by atoms with van der Waals surface area (Å²) in [6.07, 6.45) is 6.09. The van der Waals surface area contributed by atoms with Crippen LogP contribution >= 0.6 is 15.9 Å². The van der Waals surface area contributed by atoms with E-state index in [1.165, 1.54) is 0 Å². The monoisotopic (exact) mass is 422 g/mol. The van der Waals surface area contributed by atoms with Crippen molar-refractivity contribution in [3.8, 4) is 0 Å². The molecule has 5 nitrogen and oxygen atoms in total. The molecular weight excluding hydrogens is 396 g/mol. The minimum absolute atomic E-state index is 0.0344. The van der Waals surface area contributed by atoms with E-state index < -0.39 is 0 Å². The lowest BCUT2D eigenvalue weighted by Crippen LogP contribution is -2.48. The highest BCUT2D eigenvalue weighted by Crippen LogP contribution is 2.22. The lowest BCUT2D eigenvalue weighted by Gasteiger charge is -2.26. The Labute approximate surface area is 163 Å². The maximum absolute atomic E-state index is 12.8. The Morgan fingerprint density at radius 2 is 2.04 bits per heavy atom. The van der Waals surface area contributed by atoms with Crippen LogP contribution in [-0.4, -0.2) is 48.1 Å². The molecule has 1 N–H and O–H groups in total. The van der Waals surface area contributed by atoms with Crippen molar-refractivity contribution in [2.24, 2.45) is 0 Å². The van der Waals surface area contributed by atoms with Crippen molar-refractivity contribution < 1.29 is 14.3 Å². The third-order valence-corrected chi connectivity index (χ3v) is 5.77. The number of halogens is 1. The number of hydrogen-bond acceptors (Lipinski definition) is 3. The number of hydrogen-bond donors (Lipinski definition) is 1. The van der Waals surface area contributed by atoms with E-state index in [9.17, 15) is 9.59 Å². The van der Waals surface area contributed by atoms with Gasteiger partial charge in [0.15, 0.2) is 0 Å². The Morgan fingerprint density at radius 3 is 2.73 bits per heavy atom. The molecule has 3 rings (SSSR count). The predicted octanol–water partition coefficient (Wildman–Crippen LogP) is 3.52. The fourth-order valence-electron chi connectivity index (χ4n) is 3.76. The third-order valence-electron chi connectivity index (χ3n) is 5.24. The SMILES string of the molecule is CC(CCC1CCCO1)NC(=O)C1CCCN1C(=O)c1ccc(Br)cc1. The molecule has 0 saturated carbocycles. The van der Waals surface area contributed by atoms with Gasteiger partial charge in [0.25, 0.3) is 5.91 Å². The summed E-state index contributed by atoms with van der Waals surface area (Å²) in [4.78, 5) is 27.2. The molecule has 2 saturated heterocycles. The fourth-order valence-corrected chi connectivity index (χ4v) is 4.02. The number of rotatable bonds is 6. The van der Waals surface area contributed by atoms with Gasteiger partial charge >= 0.3 is 0 Å². The Morgan fingerprint density at radius 1 is 1.27 bits per heavy atom. The second-order valence-electron chi connectivity index (χ2n) is 7.29. The van der Waals surface area contributed by atoms with Gasteiger partial charge in [-0.3, -0.25) is 9.59 Å². The highest BCUT2D eigenvalue weighted by atomic mass is 79.9. The van der Waals surface area contributed by atoms with Gasteiger partial charge in [0.05, 0.1) is 6.10 Å². The average Bonchev–Trinajstić information content (AvgIpc) is 3.31. The highest BCUT2D eigenvalue weighted by molar-refractivity contribution is 9.10. The zero-order chi connectivity index (χ0) is 18.5. The Bertz CT molecular complexity index is 628. The number of ether oxygens (including phenoxy) is 1. The highest BCUT2D eigenvalue weighted by Gasteiger charge is 2.35. The van der Waals surface area contributed by atoms with Crippen LogP contribution in [0.25, 0.3) is 0 Å². The van der Waals surface area contributed by atoms with Gasteiger partial charge in [-0.25, -0.2) is 0 Å². The molecule has 0 aromatic heterocycles. The van der Waals surface area contributed by atoms with Crippen molar-refractivity contribution in [1.29, 1.82) is 0 Å². The molecule has 0 bridgehead atoms. The normalized spacial score (nSPS) is 23.8. The minimum atomic E-state index is -0.365. The average molecular weight is 423 g/mol. The number of nitrogens with zero attached hydrogens (tertiary/aromatic N) is 1. The van der Waals surface area contributed by atoms with E-state index >= 15 is 0 Å². The number of benzene rings is 1.